The standard InChI is InChI=1S/C43H76NO8P/c1-3-5-7-9-11-13-15-17-19-20-22-24-26-28-30-32-34-36-43(46)52-41(40-51-53(47,48)50-38-37-44)39-49-42(45)35-33-31-29-27-25-23-21-18-16-14-12-10-8-6-4-2/h11,13-14,16-17,19,22,24,28,30,41H,3-10,12,15,18,20-21,23,25-27,29,31-40,44H2,1-2H3,(H,47,48)/b13-11-,16-14-,19-17-,24-22-,30-28-/t41-/m1/s1. The van der Waals surface area contributed by atoms with Crippen LogP contribution in [-0.2, 0) is 32.7 Å². The van der Waals surface area contributed by atoms with Crippen molar-refractivity contribution < 1.29 is 37.6 Å². The molecule has 0 aromatic rings. The van der Waals surface area contributed by atoms with Crippen molar-refractivity contribution in [3.63, 3.8) is 0 Å². The lowest BCUT2D eigenvalue weighted by atomic mass is 10.1. The number of ether oxygens (including phenoxy) is 2. The average Bonchev–Trinajstić information content (AvgIpc) is 3.14. The molecule has 2 atom stereocenters. The normalized spacial score (nSPS) is 14.0. The van der Waals surface area contributed by atoms with Crippen molar-refractivity contribution >= 4 is 19.8 Å². The van der Waals surface area contributed by atoms with Gasteiger partial charge in [-0.25, -0.2) is 4.57 Å². The first kappa shape index (κ1) is 50.7. The first-order valence-corrected chi connectivity index (χ1v) is 22.3. The molecule has 1 unspecified atom stereocenters. The Bertz CT molecular complexity index is 1050. The zero-order valence-electron chi connectivity index (χ0n) is 33.5. The molecule has 0 amide bonds. The number of hydrogen-bond donors (Lipinski definition) is 2. The van der Waals surface area contributed by atoms with Crippen LogP contribution in [0.5, 0.6) is 0 Å². The maximum absolute atomic E-state index is 12.5. The fourth-order valence-corrected chi connectivity index (χ4v) is 6.03. The van der Waals surface area contributed by atoms with Crippen LogP contribution in [0.15, 0.2) is 60.8 Å². The Morgan fingerprint density at radius 1 is 0.566 bits per heavy atom. The first-order valence-electron chi connectivity index (χ1n) is 20.8. The van der Waals surface area contributed by atoms with Gasteiger partial charge in [0.1, 0.15) is 6.61 Å². The first-order chi connectivity index (χ1) is 25.8. The number of phosphoric ester groups is 1. The van der Waals surface area contributed by atoms with Gasteiger partial charge in [0.15, 0.2) is 6.10 Å². The van der Waals surface area contributed by atoms with Crippen LogP contribution in [0.3, 0.4) is 0 Å². The van der Waals surface area contributed by atoms with E-state index in [1.54, 1.807) is 0 Å². The lowest BCUT2D eigenvalue weighted by Gasteiger charge is -2.19. The second kappa shape index (κ2) is 39.4. The van der Waals surface area contributed by atoms with Crippen LogP contribution in [0.2, 0.25) is 0 Å². The molecule has 10 heteroatoms. The third-order valence-electron chi connectivity index (χ3n) is 8.38. The number of unbranched alkanes of at least 4 members (excludes halogenated alkanes) is 15. The molecule has 0 saturated carbocycles. The summed E-state index contributed by atoms with van der Waals surface area (Å²) in [6.07, 6.45) is 45.4. The van der Waals surface area contributed by atoms with Gasteiger partial charge in [-0.15, -0.1) is 0 Å². The van der Waals surface area contributed by atoms with Gasteiger partial charge in [0.05, 0.1) is 13.2 Å². The Morgan fingerprint density at radius 2 is 1.00 bits per heavy atom. The highest BCUT2D eigenvalue weighted by Gasteiger charge is 2.25. The van der Waals surface area contributed by atoms with Crippen LogP contribution in [0.25, 0.3) is 0 Å². The maximum atomic E-state index is 12.5. The van der Waals surface area contributed by atoms with E-state index >= 15 is 0 Å². The zero-order chi connectivity index (χ0) is 38.9. The molecule has 0 bridgehead atoms. The molecule has 0 fully saturated rings. The van der Waals surface area contributed by atoms with Crippen molar-refractivity contribution in [2.24, 2.45) is 5.73 Å². The lowest BCUT2D eigenvalue weighted by molar-refractivity contribution is -0.161. The summed E-state index contributed by atoms with van der Waals surface area (Å²) < 4.78 is 32.7. The minimum Gasteiger partial charge on any atom is -0.462 e. The molecular formula is C43H76NO8P. The fraction of sp³-hybridized carbons (Fsp3) is 0.721. The number of carbonyl (C=O) groups is 2. The summed E-state index contributed by atoms with van der Waals surface area (Å²) in [5, 5.41) is 0. The van der Waals surface area contributed by atoms with Crippen molar-refractivity contribution in [2.75, 3.05) is 26.4 Å². The van der Waals surface area contributed by atoms with E-state index in [4.69, 9.17) is 24.3 Å². The van der Waals surface area contributed by atoms with Crippen molar-refractivity contribution in [1.82, 2.24) is 0 Å². The monoisotopic (exact) mass is 766 g/mol. The summed E-state index contributed by atoms with van der Waals surface area (Å²) in [5.74, 6) is -0.903. The van der Waals surface area contributed by atoms with E-state index < -0.39 is 32.5 Å². The van der Waals surface area contributed by atoms with Gasteiger partial charge in [-0.3, -0.25) is 18.6 Å². The number of rotatable bonds is 38. The molecular weight excluding hydrogens is 689 g/mol. The van der Waals surface area contributed by atoms with Crippen molar-refractivity contribution in [1.29, 1.82) is 0 Å². The van der Waals surface area contributed by atoms with Crippen molar-refractivity contribution in [3.05, 3.63) is 60.8 Å². The van der Waals surface area contributed by atoms with Gasteiger partial charge in [0.2, 0.25) is 0 Å². The second-order valence-corrected chi connectivity index (χ2v) is 14.9. The van der Waals surface area contributed by atoms with Crippen LogP contribution in [0, 0.1) is 0 Å². The Balaban J connectivity index is 4.30. The average molecular weight is 766 g/mol. The molecule has 0 aliphatic heterocycles. The van der Waals surface area contributed by atoms with Gasteiger partial charge in [0.25, 0.3) is 0 Å². The summed E-state index contributed by atoms with van der Waals surface area (Å²) in [6.45, 7) is 3.61. The van der Waals surface area contributed by atoms with Gasteiger partial charge in [-0.1, -0.05) is 139 Å². The molecule has 0 aliphatic carbocycles. The lowest BCUT2D eigenvalue weighted by Crippen LogP contribution is -2.29. The summed E-state index contributed by atoms with van der Waals surface area (Å²) in [6, 6.07) is 0. The number of hydrogen-bond acceptors (Lipinski definition) is 8. The van der Waals surface area contributed by atoms with Gasteiger partial charge in [-0.05, 0) is 77.0 Å². The Morgan fingerprint density at radius 3 is 1.57 bits per heavy atom. The summed E-state index contributed by atoms with van der Waals surface area (Å²) >= 11 is 0. The number of carbonyl (C=O) groups excluding carboxylic acids is 2. The summed E-state index contributed by atoms with van der Waals surface area (Å²) in [5.41, 5.74) is 5.34. The van der Waals surface area contributed by atoms with E-state index in [9.17, 15) is 19.0 Å². The molecule has 0 spiro atoms. The minimum atomic E-state index is -4.39. The molecule has 0 aromatic carbocycles. The molecule has 306 valence electrons. The molecule has 0 aliphatic rings. The van der Waals surface area contributed by atoms with Crippen molar-refractivity contribution in [3.8, 4) is 0 Å². The number of allylic oxidation sites excluding steroid dienone is 10. The van der Waals surface area contributed by atoms with Crippen LogP contribution >= 0.6 is 7.82 Å². The van der Waals surface area contributed by atoms with E-state index in [1.165, 1.54) is 77.0 Å². The Labute approximate surface area is 323 Å². The topological polar surface area (TPSA) is 134 Å². The third-order valence-corrected chi connectivity index (χ3v) is 9.36. The third kappa shape index (κ3) is 39.2. The highest BCUT2D eigenvalue weighted by molar-refractivity contribution is 7.47. The van der Waals surface area contributed by atoms with Gasteiger partial charge in [0, 0.05) is 19.4 Å². The maximum Gasteiger partial charge on any atom is 0.472 e. The van der Waals surface area contributed by atoms with Crippen LogP contribution < -0.4 is 5.73 Å². The Hall–Kier alpha value is -2.29. The highest BCUT2D eigenvalue weighted by atomic mass is 31.2. The highest BCUT2D eigenvalue weighted by Crippen LogP contribution is 2.43. The number of phosphoric acid groups is 1. The van der Waals surface area contributed by atoms with Crippen LogP contribution in [0.1, 0.15) is 168 Å². The molecule has 3 N–H and O–H groups in total. The van der Waals surface area contributed by atoms with Crippen LogP contribution in [-0.4, -0.2) is 49.3 Å². The molecule has 0 saturated heterocycles. The van der Waals surface area contributed by atoms with E-state index in [1.807, 2.05) is 6.08 Å². The molecule has 0 radical (unpaired) electrons. The fourth-order valence-electron chi connectivity index (χ4n) is 5.27. The Kier molecular flexibility index (Phi) is 37.7. The van der Waals surface area contributed by atoms with E-state index in [0.29, 0.717) is 12.8 Å². The number of nitrogens with two attached hydrogens (primary N) is 1. The predicted molar refractivity (Wildman–Crippen MR) is 219 cm³/mol. The van der Waals surface area contributed by atoms with Crippen molar-refractivity contribution in [2.45, 2.75) is 174 Å². The smallest absolute Gasteiger partial charge is 0.462 e. The SMILES string of the molecule is CCCCC/C=C\C/C=C\C/C=C\C/C=C\CCCC(=O)O[C@H](COC(=O)CCCCCCCCC/C=C\CCCCCC)COP(=O)(O)OCCN. The second-order valence-electron chi connectivity index (χ2n) is 13.5. The van der Waals surface area contributed by atoms with E-state index in [-0.39, 0.29) is 32.6 Å². The zero-order valence-corrected chi connectivity index (χ0v) is 34.4. The van der Waals surface area contributed by atoms with Gasteiger partial charge in [-0.2, -0.15) is 0 Å². The van der Waals surface area contributed by atoms with Crippen LogP contribution in [0.4, 0.5) is 0 Å². The van der Waals surface area contributed by atoms with E-state index in [0.717, 1.165) is 51.4 Å². The predicted octanol–water partition coefficient (Wildman–Crippen LogP) is 11.7. The minimum absolute atomic E-state index is 0.0419. The molecule has 0 rings (SSSR count). The largest absolute Gasteiger partial charge is 0.472 e. The van der Waals surface area contributed by atoms with E-state index in [2.05, 4.69) is 68.5 Å². The van der Waals surface area contributed by atoms with Gasteiger partial charge < -0.3 is 20.1 Å². The quantitative estimate of drug-likeness (QED) is 0.0272. The molecule has 0 aromatic heterocycles. The molecule has 0 heterocycles. The molecule has 53 heavy (non-hydrogen) atoms. The molecule has 9 nitrogen and oxygen atoms in total. The summed E-state index contributed by atoms with van der Waals surface area (Å²) in [7, 11) is -4.39. The number of esters is 2. The van der Waals surface area contributed by atoms with Gasteiger partial charge >= 0.3 is 19.8 Å². The summed E-state index contributed by atoms with van der Waals surface area (Å²) in [4.78, 5) is 34.8.